The smallest absolute Gasteiger partial charge is 0.225 e. The molecule has 0 aromatic carbocycles. The molecule has 0 unspecified atom stereocenters. The van der Waals surface area contributed by atoms with Gasteiger partial charge in [-0.2, -0.15) is 0 Å². The van der Waals surface area contributed by atoms with E-state index in [2.05, 4.69) is 55.9 Å². The van der Waals surface area contributed by atoms with Crippen LogP contribution in [0.15, 0.2) is 23.5 Å². The molecule has 0 bridgehead atoms. The maximum Gasteiger partial charge on any atom is 0.225 e. The Labute approximate surface area is 162 Å². The maximum atomic E-state index is 4.41. The van der Waals surface area contributed by atoms with Crippen molar-refractivity contribution in [2.24, 2.45) is 4.99 Å². The van der Waals surface area contributed by atoms with Crippen molar-refractivity contribution in [3.63, 3.8) is 0 Å². The number of hydrogen-bond donors (Lipinski definition) is 1. The number of halogens is 1. The zero-order valence-corrected chi connectivity index (χ0v) is 17.5. The van der Waals surface area contributed by atoms with Crippen molar-refractivity contribution in [3.8, 4) is 0 Å². The van der Waals surface area contributed by atoms with Gasteiger partial charge in [0.15, 0.2) is 5.96 Å². The Kier molecular flexibility index (Phi) is 9.27. The number of nitrogens with one attached hydrogen (secondary N) is 1. The molecule has 7 nitrogen and oxygen atoms in total. The molecule has 1 aromatic heterocycles. The van der Waals surface area contributed by atoms with Gasteiger partial charge in [-0.05, 0) is 27.0 Å². The lowest BCUT2D eigenvalue weighted by Gasteiger charge is -2.36. The minimum absolute atomic E-state index is 0. The van der Waals surface area contributed by atoms with Gasteiger partial charge < -0.3 is 20.0 Å². The summed E-state index contributed by atoms with van der Waals surface area (Å²) in [5, 5.41) is 3.46. The maximum absolute atomic E-state index is 4.41. The molecule has 0 saturated carbocycles. The predicted molar refractivity (Wildman–Crippen MR) is 110 cm³/mol. The minimum Gasteiger partial charge on any atom is -0.355 e. The van der Waals surface area contributed by atoms with Crippen molar-refractivity contribution in [2.75, 3.05) is 58.3 Å². The molecule has 1 saturated heterocycles. The van der Waals surface area contributed by atoms with Crippen molar-refractivity contribution in [1.29, 1.82) is 0 Å². The third kappa shape index (κ3) is 6.04. The molecule has 0 radical (unpaired) electrons. The highest BCUT2D eigenvalue weighted by Crippen LogP contribution is 2.09. The van der Waals surface area contributed by atoms with Crippen LogP contribution in [0.2, 0.25) is 0 Å². The van der Waals surface area contributed by atoms with Gasteiger partial charge >= 0.3 is 0 Å². The van der Waals surface area contributed by atoms with Crippen LogP contribution < -0.4 is 10.2 Å². The minimum atomic E-state index is 0. The van der Waals surface area contributed by atoms with Crippen LogP contribution in [-0.4, -0.2) is 85.1 Å². The summed E-state index contributed by atoms with van der Waals surface area (Å²) in [6.45, 7) is 10.0. The molecular weight excluding hydrogens is 417 g/mol. The van der Waals surface area contributed by atoms with Gasteiger partial charge in [-0.15, -0.1) is 24.0 Å². The molecule has 2 heterocycles. The molecule has 24 heavy (non-hydrogen) atoms. The molecule has 1 aliphatic heterocycles. The molecule has 1 aromatic rings. The number of aliphatic imine (C=N–C) groups is 1. The number of nitrogens with zero attached hydrogens (tertiary/aromatic N) is 6. The van der Waals surface area contributed by atoms with Gasteiger partial charge in [0, 0.05) is 64.8 Å². The summed E-state index contributed by atoms with van der Waals surface area (Å²) < 4.78 is 0. The van der Waals surface area contributed by atoms with Gasteiger partial charge in [0.2, 0.25) is 5.95 Å². The standard InChI is InChI=1S/C16H29N7.HI/c1-14(2)21(4)9-8-20-15(17-3)22-10-12-23(13-11-22)16-18-6-5-7-19-16;/h5-7,14H,8-13H2,1-4H3,(H,17,20);1H. The average Bonchev–Trinajstić information content (AvgIpc) is 2.59. The van der Waals surface area contributed by atoms with E-state index >= 15 is 0 Å². The summed E-state index contributed by atoms with van der Waals surface area (Å²) in [7, 11) is 3.99. The van der Waals surface area contributed by atoms with E-state index in [1.165, 1.54) is 0 Å². The molecule has 8 heteroatoms. The number of guanidine groups is 1. The number of aromatic nitrogens is 2. The summed E-state index contributed by atoms with van der Waals surface area (Å²) in [4.78, 5) is 19.9. The molecule has 136 valence electrons. The first-order chi connectivity index (χ1) is 11.1. The van der Waals surface area contributed by atoms with Crippen LogP contribution in [0.25, 0.3) is 0 Å². The van der Waals surface area contributed by atoms with E-state index in [0.29, 0.717) is 6.04 Å². The third-order valence-corrected chi connectivity index (χ3v) is 4.26. The highest BCUT2D eigenvalue weighted by molar-refractivity contribution is 14.0. The molecule has 2 rings (SSSR count). The van der Waals surface area contributed by atoms with E-state index in [1.54, 1.807) is 12.4 Å². The summed E-state index contributed by atoms with van der Waals surface area (Å²) in [5.41, 5.74) is 0. The molecule has 0 aliphatic carbocycles. The van der Waals surface area contributed by atoms with Crippen molar-refractivity contribution in [3.05, 3.63) is 18.5 Å². The molecule has 1 aliphatic rings. The van der Waals surface area contributed by atoms with Gasteiger partial charge in [-0.3, -0.25) is 4.99 Å². The van der Waals surface area contributed by atoms with E-state index in [0.717, 1.165) is 51.2 Å². The molecule has 1 fully saturated rings. The summed E-state index contributed by atoms with van der Waals surface area (Å²) in [5.74, 6) is 1.80. The Hall–Kier alpha value is -1.16. The van der Waals surface area contributed by atoms with Gasteiger partial charge in [0.1, 0.15) is 0 Å². The van der Waals surface area contributed by atoms with Crippen LogP contribution in [0.3, 0.4) is 0 Å². The number of piperazine rings is 1. The zero-order chi connectivity index (χ0) is 16.7. The number of likely N-dealkylation sites (N-methyl/N-ethyl adjacent to an activating group) is 1. The van der Waals surface area contributed by atoms with E-state index < -0.39 is 0 Å². The SMILES string of the molecule is CN=C(NCCN(C)C(C)C)N1CCN(c2ncccn2)CC1.I. The molecule has 0 spiro atoms. The number of rotatable bonds is 5. The topological polar surface area (TPSA) is 59.9 Å². The lowest BCUT2D eigenvalue weighted by molar-refractivity contribution is 0.275. The Balaban J connectivity index is 0.00000288. The van der Waals surface area contributed by atoms with Crippen LogP contribution in [-0.2, 0) is 0 Å². The van der Waals surface area contributed by atoms with E-state index in [-0.39, 0.29) is 24.0 Å². The van der Waals surface area contributed by atoms with Gasteiger partial charge in [-0.1, -0.05) is 0 Å². The fourth-order valence-corrected chi connectivity index (χ4v) is 2.51. The van der Waals surface area contributed by atoms with Crippen molar-refractivity contribution < 1.29 is 0 Å². The Bertz CT molecular complexity index is 486. The molecule has 1 N–H and O–H groups in total. The quantitative estimate of drug-likeness (QED) is 0.415. The average molecular weight is 447 g/mol. The summed E-state index contributed by atoms with van der Waals surface area (Å²) >= 11 is 0. The van der Waals surface area contributed by atoms with E-state index in [1.807, 2.05) is 13.1 Å². The van der Waals surface area contributed by atoms with E-state index in [4.69, 9.17) is 0 Å². The van der Waals surface area contributed by atoms with Crippen molar-refractivity contribution >= 4 is 35.9 Å². The largest absolute Gasteiger partial charge is 0.355 e. The van der Waals surface area contributed by atoms with Gasteiger partial charge in [0.05, 0.1) is 0 Å². The predicted octanol–water partition coefficient (Wildman–Crippen LogP) is 1.13. The Morgan fingerprint density at radius 3 is 2.42 bits per heavy atom. The van der Waals surface area contributed by atoms with Crippen LogP contribution >= 0.6 is 24.0 Å². The molecule has 0 amide bonds. The third-order valence-electron chi connectivity index (χ3n) is 4.26. The number of hydrogen-bond acceptors (Lipinski definition) is 5. The van der Waals surface area contributed by atoms with Crippen molar-refractivity contribution in [2.45, 2.75) is 19.9 Å². The lowest BCUT2D eigenvalue weighted by atomic mass is 10.3. The van der Waals surface area contributed by atoms with Crippen LogP contribution in [0.4, 0.5) is 5.95 Å². The normalized spacial score (nSPS) is 15.7. The second-order valence-corrected chi connectivity index (χ2v) is 6.07. The monoisotopic (exact) mass is 447 g/mol. The van der Waals surface area contributed by atoms with Crippen LogP contribution in [0, 0.1) is 0 Å². The second kappa shape index (κ2) is 10.7. The highest BCUT2D eigenvalue weighted by Gasteiger charge is 2.20. The first-order valence-corrected chi connectivity index (χ1v) is 8.29. The first-order valence-electron chi connectivity index (χ1n) is 8.29. The first kappa shape index (κ1) is 20.9. The fourth-order valence-electron chi connectivity index (χ4n) is 2.51. The molecule has 0 atom stereocenters. The summed E-state index contributed by atoms with van der Waals surface area (Å²) in [6, 6.07) is 2.41. The highest BCUT2D eigenvalue weighted by atomic mass is 127. The van der Waals surface area contributed by atoms with Gasteiger partial charge in [-0.25, -0.2) is 9.97 Å². The van der Waals surface area contributed by atoms with Crippen LogP contribution in [0.1, 0.15) is 13.8 Å². The molecular formula is C16H30IN7. The zero-order valence-electron chi connectivity index (χ0n) is 15.1. The second-order valence-electron chi connectivity index (χ2n) is 6.07. The number of anilines is 1. The van der Waals surface area contributed by atoms with Crippen LogP contribution in [0.5, 0.6) is 0 Å². The summed E-state index contributed by atoms with van der Waals surface area (Å²) in [6.07, 6.45) is 3.58. The lowest BCUT2D eigenvalue weighted by Crippen LogP contribution is -2.53. The van der Waals surface area contributed by atoms with E-state index in [9.17, 15) is 0 Å². The Morgan fingerprint density at radius 1 is 1.25 bits per heavy atom. The fraction of sp³-hybridized carbons (Fsp3) is 0.688. The van der Waals surface area contributed by atoms with Crippen molar-refractivity contribution in [1.82, 2.24) is 25.1 Å². The Morgan fingerprint density at radius 2 is 1.88 bits per heavy atom. The van der Waals surface area contributed by atoms with Gasteiger partial charge in [0.25, 0.3) is 0 Å².